The highest BCUT2D eigenvalue weighted by atomic mass is 16.5. The molecule has 2 aromatic carbocycles. The van der Waals surface area contributed by atoms with Crippen LogP contribution in [0, 0.1) is 11.8 Å². The first-order valence-corrected chi connectivity index (χ1v) is 10.6. The Morgan fingerprint density at radius 2 is 1.76 bits per heavy atom. The van der Waals surface area contributed by atoms with Gasteiger partial charge in [0, 0.05) is 6.07 Å². The molecule has 1 aromatic heterocycles. The van der Waals surface area contributed by atoms with Crippen LogP contribution < -0.4 is 21.0 Å². The molecule has 1 fully saturated rings. The lowest BCUT2D eigenvalue weighted by molar-refractivity contribution is -0.122. The third-order valence-corrected chi connectivity index (χ3v) is 6.24. The Hall–Kier alpha value is -4.14. The number of anilines is 1. The van der Waals surface area contributed by atoms with Gasteiger partial charge in [0.05, 0.1) is 37.2 Å². The van der Waals surface area contributed by atoms with Crippen LogP contribution in [0.2, 0.25) is 0 Å². The molecule has 3 aromatic rings. The molecule has 1 aliphatic carbocycles. The molecule has 2 aliphatic rings. The maximum Gasteiger partial charge on any atom is 0.347 e. The Bertz CT molecular complexity index is 1370. The molecule has 3 atom stereocenters. The van der Waals surface area contributed by atoms with Crippen molar-refractivity contribution in [1.82, 2.24) is 14.3 Å². The predicted octanol–water partition coefficient (Wildman–Crippen LogP) is 1.70. The van der Waals surface area contributed by atoms with Gasteiger partial charge in [-0.15, -0.1) is 0 Å². The summed E-state index contributed by atoms with van der Waals surface area (Å²) in [7, 11) is 1.52. The summed E-state index contributed by atoms with van der Waals surface area (Å²) in [5.41, 5.74) is 0.264. The number of H-pyrrole nitrogens is 1. The number of hydrogen-bond donors (Lipinski definition) is 1. The molecule has 9 heteroatoms. The summed E-state index contributed by atoms with van der Waals surface area (Å²) in [5.74, 6) is -1.32. The zero-order valence-electron chi connectivity index (χ0n) is 17.9. The van der Waals surface area contributed by atoms with E-state index >= 15 is 0 Å². The van der Waals surface area contributed by atoms with Gasteiger partial charge in [0.2, 0.25) is 11.8 Å². The minimum absolute atomic E-state index is 0.144. The molecule has 0 saturated carbocycles. The summed E-state index contributed by atoms with van der Waals surface area (Å²) in [5, 5.41) is 2.60. The molecule has 1 saturated heterocycles. The highest BCUT2D eigenvalue weighted by Gasteiger charge is 2.49. The Labute approximate surface area is 188 Å². The Kier molecular flexibility index (Phi) is 5.08. The Morgan fingerprint density at radius 3 is 2.52 bits per heavy atom. The first-order chi connectivity index (χ1) is 16.0. The fraction of sp³-hybridized carbons (Fsp3) is 0.250. The third kappa shape index (κ3) is 3.51. The molecule has 2 heterocycles. The minimum Gasteiger partial charge on any atom is -0.497 e. The van der Waals surface area contributed by atoms with Crippen molar-refractivity contribution in [3.8, 4) is 5.75 Å². The van der Waals surface area contributed by atoms with Crippen LogP contribution in [0.3, 0.4) is 0 Å². The van der Waals surface area contributed by atoms with Crippen LogP contribution in [-0.4, -0.2) is 33.3 Å². The van der Waals surface area contributed by atoms with Crippen molar-refractivity contribution in [3.05, 3.63) is 93.3 Å². The lowest BCUT2D eigenvalue weighted by Crippen LogP contribution is -2.33. The van der Waals surface area contributed by atoms with E-state index in [4.69, 9.17) is 4.74 Å². The number of methoxy groups -OCH3 is 1. The van der Waals surface area contributed by atoms with E-state index in [0.29, 0.717) is 11.4 Å². The number of carbonyl (C=O) groups excluding carboxylic acids is 2. The normalized spacial score (nSPS) is 22.0. The monoisotopic (exact) mass is 446 g/mol. The second kappa shape index (κ2) is 8.09. The maximum atomic E-state index is 13.2. The summed E-state index contributed by atoms with van der Waals surface area (Å²) in [6.45, 7) is 0.144. The van der Waals surface area contributed by atoms with Gasteiger partial charge in [0.15, 0.2) is 0 Å². The third-order valence-electron chi connectivity index (χ3n) is 6.24. The number of aromatic amines is 1. The first-order valence-electron chi connectivity index (χ1n) is 10.6. The largest absolute Gasteiger partial charge is 0.497 e. The van der Waals surface area contributed by atoms with E-state index in [1.165, 1.54) is 16.7 Å². The van der Waals surface area contributed by atoms with Crippen molar-refractivity contribution in [1.29, 1.82) is 0 Å². The number of amides is 2. The summed E-state index contributed by atoms with van der Waals surface area (Å²) >= 11 is 0. The highest BCUT2D eigenvalue weighted by molar-refractivity contribution is 6.22. The summed E-state index contributed by atoms with van der Waals surface area (Å²) in [4.78, 5) is 52.8. The fourth-order valence-electron chi connectivity index (χ4n) is 4.55. The van der Waals surface area contributed by atoms with Crippen LogP contribution in [0.5, 0.6) is 5.75 Å². The average molecular weight is 446 g/mol. The number of fused-ring (bicyclic) bond motifs is 1. The summed E-state index contributed by atoms with van der Waals surface area (Å²) < 4.78 is 7.57. The van der Waals surface area contributed by atoms with E-state index in [1.807, 2.05) is 30.3 Å². The van der Waals surface area contributed by atoms with Crippen LogP contribution in [0.15, 0.2) is 76.3 Å². The van der Waals surface area contributed by atoms with Gasteiger partial charge < -0.3 is 4.74 Å². The van der Waals surface area contributed by atoms with Crippen LogP contribution >= 0.6 is 0 Å². The van der Waals surface area contributed by atoms with Crippen LogP contribution in [-0.2, 0) is 16.1 Å². The highest BCUT2D eigenvalue weighted by Crippen LogP contribution is 2.40. The number of allylic oxidation sites excluding steroid dienone is 1. The molecule has 2 amide bonds. The molecule has 5 rings (SSSR count). The molecular formula is C24H22N4O5. The number of nitrogens with zero attached hydrogens (tertiary/aromatic N) is 3. The molecule has 0 spiro atoms. The van der Waals surface area contributed by atoms with Gasteiger partial charge in [0.1, 0.15) is 5.75 Å². The van der Waals surface area contributed by atoms with Gasteiger partial charge in [-0.3, -0.25) is 9.59 Å². The number of hydrogen-bond acceptors (Lipinski definition) is 5. The molecule has 0 radical (unpaired) electrons. The number of imide groups is 1. The predicted molar refractivity (Wildman–Crippen MR) is 120 cm³/mol. The van der Waals surface area contributed by atoms with Crippen molar-refractivity contribution < 1.29 is 14.3 Å². The molecular weight excluding hydrogens is 424 g/mol. The molecule has 168 valence electrons. The number of aromatic nitrogens is 3. The van der Waals surface area contributed by atoms with Gasteiger partial charge >= 0.3 is 11.4 Å². The molecule has 0 bridgehead atoms. The molecule has 1 aliphatic heterocycles. The van der Waals surface area contributed by atoms with Gasteiger partial charge in [-0.2, -0.15) is 0 Å². The van der Waals surface area contributed by atoms with Crippen molar-refractivity contribution >= 4 is 17.5 Å². The van der Waals surface area contributed by atoms with Gasteiger partial charge in [0.25, 0.3) is 0 Å². The van der Waals surface area contributed by atoms with Gasteiger partial charge in [-0.1, -0.05) is 48.6 Å². The van der Waals surface area contributed by atoms with Crippen molar-refractivity contribution in [3.63, 3.8) is 0 Å². The second-order valence-corrected chi connectivity index (χ2v) is 8.17. The first kappa shape index (κ1) is 20.7. The zero-order valence-corrected chi connectivity index (χ0v) is 17.9. The summed E-state index contributed by atoms with van der Waals surface area (Å²) in [6, 6.07) is 15.5. The number of carbonyl (C=O) groups is 2. The van der Waals surface area contributed by atoms with Crippen LogP contribution in [0.4, 0.5) is 5.69 Å². The number of nitrogens with one attached hydrogen (secondary N) is 1. The van der Waals surface area contributed by atoms with Crippen molar-refractivity contribution in [2.24, 2.45) is 11.8 Å². The van der Waals surface area contributed by atoms with Crippen LogP contribution in [0.1, 0.15) is 18.0 Å². The Balaban J connectivity index is 1.42. The maximum absolute atomic E-state index is 13.2. The van der Waals surface area contributed by atoms with Crippen molar-refractivity contribution in [2.75, 3.05) is 12.0 Å². The SMILES string of the molecule is COc1cccc(N2C(=O)C3C=CC(n4[nH]c(=O)n(Cc5ccccc5)c4=O)CC3C2=O)c1. The number of ether oxygens (including phenoxy) is 1. The number of rotatable bonds is 5. The standard InChI is InChI=1S/C24H22N4O5/c1-33-18-9-5-8-16(12-18)27-21(29)19-11-10-17(13-20(19)22(27)30)28-24(32)26(23(31)25-28)14-15-6-3-2-4-7-15/h2-12,17,19-20H,13-14H2,1H3,(H,25,31). The van der Waals surface area contributed by atoms with E-state index in [9.17, 15) is 19.2 Å². The summed E-state index contributed by atoms with van der Waals surface area (Å²) in [6.07, 6.45) is 3.61. The van der Waals surface area contributed by atoms with E-state index in [2.05, 4.69) is 5.10 Å². The quantitative estimate of drug-likeness (QED) is 0.474. The average Bonchev–Trinajstić information content (AvgIpc) is 3.26. The fourth-order valence-corrected chi connectivity index (χ4v) is 4.55. The zero-order chi connectivity index (χ0) is 23.1. The van der Waals surface area contributed by atoms with E-state index < -0.39 is 29.3 Å². The molecule has 9 nitrogen and oxygen atoms in total. The Morgan fingerprint density at radius 1 is 0.970 bits per heavy atom. The molecule has 3 unspecified atom stereocenters. The van der Waals surface area contributed by atoms with Crippen LogP contribution in [0.25, 0.3) is 0 Å². The lowest BCUT2D eigenvalue weighted by Gasteiger charge is -2.23. The van der Waals surface area contributed by atoms with Gasteiger partial charge in [-0.05, 0) is 24.1 Å². The molecule has 33 heavy (non-hydrogen) atoms. The van der Waals surface area contributed by atoms with E-state index in [-0.39, 0.29) is 24.8 Å². The smallest absolute Gasteiger partial charge is 0.347 e. The minimum atomic E-state index is -0.619. The molecule has 1 N–H and O–H groups in total. The topological polar surface area (TPSA) is 106 Å². The van der Waals surface area contributed by atoms with E-state index in [0.717, 1.165) is 10.1 Å². The van der Waals surface area contributed by atoms with E-state index in [1.54, 1.807) is 36.4 Å². The van der Waals surface area contributed by atoms with Gasteiger partial charge in [-0.25, -0.2) is 28.8 Å². The number of benzene rings is 2. The lowest BCUT2D eigenvalue weighted by atomic mass is 9.84. The second-order valence-electron chi connectivity index (χ2n) is 8.17. The van der Waals surface area contributed by atoms with Crippen molar-refractivity contribution in [2.45, 2.75) is 19.0 Å².